The molecule has 1 saturated carbocycles. The SMILES string of the molecule is COc1cc(F)cc(-c2nn(CC3CCC(COCC(=O)O)CC3)c(C)c2-c2ccccc2)c1. The van der Waals surface area contributed by atoms with E-state index in [1.54, 1.807) is 0 Å². The van der Waals surface area contributed by atoms with Crippen molar-refractivity contribution >= 4 is 5.97 Å². The highest BCUT2D eigenvalue weighted by molar-refractivity contribution is 5.83. The zero-order chi connectivity index (χ0) is 24.1. The normalized spacial score (nSPS) is 18.1. The number of ether oxygens (including phenoxy) is 2. The van der Waals surface area contributed by atoms with Crippen LogP contribution in [0.1, 0.15) is 31.4 Å². The zero-order valence-electron chi connectivity index (χ0n) is 19.7. The largest absolute Gasteiger partial charge is 0.497 e. The van der Waals surface area contributed by atoms with E-state index in [9.17, 15) is 9.18 Å². The van der Waals surface area contributed by atoms with Crippen LogP contribution in [0, 0.1) is 24.6 Å². The zero-order valence-corrected chi connectivity index (χ0v) is 19.7. The van der Waals surface area contributed by atoms with Crippen LogP contribution < -0.4 is 4.74 Å². The van der Waals surface area contributed by atoms with E-state index in [1.807, 2.05) is 24.3 Å². The van der Waals surface area contributed by atoms with E-state index in [2.05, 4.69) is 23.7 Å². The molecular weight excluding hydrogens is 435 g/mol. The van der Waals surface area contributed by atoms with E-state index < -0.39 is 5.97 Å². The Hall–Kier alpha value is -3.19. The van der Waals surface area contributed by atoms with Gasteiger partial charge in [-0.1, -0.05) is 30.3 Å². The molecule has 34 heavy (non-hydrogen) atoms. The molecule has 1 heterocycles. The quantitative estimate of drug-likeness (QED) is 0.446. The van der Waals surface area contributed by atoms with E-state index in [1.165, 1.54) is 19.2 Å². The van der Waals surface area contributed by atoms with E-state index >= 15 is 0 Å². The third-order valence-electron chi connectivity index (χ3n) is 6.63. The molecule has 0 spiro atoms. The highest BCUT2D eigenvalue weighted by atomic mass is 19.1. The Labute approximate surface area is 199 Å². The summed E-state index contributed by atoms with van der Waals surface area (Å²) in [5, 5.41) is 13.7. The van der Waals surface area contributed by atoms with Gasteiger partial charge in [0.1, 0.15) is 23.9 Å². The van der Waals surface area contributed by atoms with Gasteiger partial charge in [-0.2, -0.15) is 5.10 Å². The minimum Gasteiger partial charge on any atom is -0.497 e. The molecule has 6 nitrogen and oxygen atoms in total. The van der Waals surface area contributed by atoms with Gasteiger partial charge in [-0.15, -0.1) is 0 Å². The summed E-state index contributed by atoms with van der Waals surface area (Å²) in [6.45, 7) is 3.13. The number of nitrogens with zero attached hydrogens (tertiary/aromatic N) is 2. The van der Waals surface area contributed by atoms with Crippen LogP contribution >= 0.6 is 0 Å². The van der Waals surface area contributed by atoms with Crippen molar-refractivity contribution in [2.75, 3.05) is 20.3 Å². The van der Waals surface area contributed by atoms with Gasteiger partial charge in [-0.25, -0.2) is 9.18 Å². The number of carboxylic acid groups (broad SMARTS) is 1. The summed E-state index contributed by atoms with van der Waals surface area (Å²) in [6, 6.07) is 14.8. The van der Waals surface area contributed by atoms with Gasteiger partial charge in [0.25, 0.3) is 0 Å². The number of halogens is 1. The summed E-state index contributed by atoms with van der Waals surface area (Å²) in [5.41, 5.74) is 4.54. The van der Waals surface area contributed by atoms with Crippen molar-refractivity contribution in [1.29, 1.82) is 0 Å². The fourth-order valence-corrected chi connectivity index (χ4v) is 4.83. The van der Waals surface area contributed by atoms with Gasteiger partial charge in [-0.05, 0) is 62.1 Å². The van der Waals surface area contributed by atoms with Crippen LogP contribution in [0.3, 0.4) is 0 Å². The highest BCUT2D eigenvalue weighted by Gasteiger charge is 2.25. The first-order chi connectivity index (χ1) is 16.4. The maximum absolute atomic E-state index is 14.3. The summed E-state index contributed by atoms with van der Waals surface area (Å²) in [4.78, 5) is 10.7. The fraction of sp³-hybridized carbons (Fsp3) is 0.407. The van der Waals surface area contributed by atoms with E-state index in [0.29, 0.717) is 29.8 Å². The van der Waals surface area contributed by atoms with Crippen LogP contribution in [0.15, 0.2) is 48.5 Å². The lowest BCUT2D eigenvalue weighted by molar-refractivity contribution is -0.142. The summed E-state index contributed by atoms with van der Waals surface area (Å²) in [5.74, 6) is 0.0646. The van der Waals surface area contributed by atoms with Crippen molar-refractivity contribution in [2.45, 2.75) is 39.2 Å². The first kappa shape index (κ1) is 24.0. The number of aromatic nitrogens is 2. The molecule has 180 valence electrons. The molecule has 0 atom stereocenters. The maximum atomic E-state index is 14.3. The number of aliphatic carboxylic acids is 1. The van der Waals surface area contributed by atoms with Crippen LogP contribution in [0.25, 0.3) is 22.4 Å². The average Bonchev–Trinajstić information content (AvgIpc) is 3.16. The van der Waals surface area contributed by atoms with E-state index in [0.717, 1.165) is 54.7 Å². The first-order valence-corrected chi connectivity index (χ1v) is 11.7. The Morgan fingerprint density at radius 3 is 2.47 bits per heavy atom. The predicted octanol–water partition coefficient (Wildman–Crippen LogP) is 5.58. The molecule has 1 aliphatic rings. The van der Waals surface area contributed by atoms with Gasteiger partial charge in [0, 0.05) is 29.4 Å². The Morgan fingerprint density at radius 1 is 1.09 bits per heavy atom. The molecule has 2 aromatic carbocycles. The molecule has 1 fully saturated rings. The Morgan fingerprint density at radius 2 is 1.79 bits per heavy atom. The molecule has 7 heteroatoms. The highest BCUT2D eigenvalue weighted by Crippen LogP contribution is 2.37. The molecule has 1 N–H and O–H groups in total. The third kappa shape index (κ3) is 5.65. The number of rotatable bonds is 9. The number of benzene rings is 2. The van der Waals surface area contributed by atoms with Crippen molar-refractivity contribution in [2.24, 2.45) is 11.8 Å². The van der Waals surface area contributed by atoms with Crippen molar-refractivity contribution in [1.82, 2.24) is 9.78 Å². The van der Waals surface area contributed by atoms with Gasteiger partial charge >= 0.3 is 5.97 Å². The molecule has 0 radical (unpaired) electrons. The van der Waals surface area contributed by atoms with Gasteiger partial charge in [0.05, 0.1) is 13.7 Å². The minimum absolute atomic E-state index is 0.234. The molecule has 1 aromatic heterocycles. The van der Waals surface area contributed by atoms with Gasteiger partial charge in [-0.3, -0.25) is 4.68 Å². The summed E-state index contributed by atoms with van der Waals surface area (Å²) >= 11 is 0. The molecular formula is C27H31FN2O4. The molecule has 4 rings (SSSR count). The van der Waals surface area contributed by atoms with E-state index in [-0.39, 0.29) is 12.4 Å². The van der Waals surface area contributed by atoms with Crippen LogP contribution in [-0.4, -0.2) is 41.2 Å². The lowest BCUT2D eigenvalue weighted by Crippen LogP contribution is -2.23. The summed E-state index contributed by atoms with van der Waals surface area (Å²) < 4.78 is 27.0. The molecule has 0 amide bonds. The standard InChI is InChI=1S/C27H31FN2O4/c1-18-26(21-6-4-3-5-7-21)27(22-12-23(28)14-24(13-22)33-2)29-30(18)15-19-8-10-20(11-9-19)16-34-17-25(31)32/h3-7,12-14,19-20H,8-11,15-17H2,1-2H3,(H,31,32). The molecule has 1 aliphatic carbocycles. The van der Waals surface area contributed by atoms with Crippen LogP contribution in [0.2, 0.25) is 0 Å². The Balaban J connectivity index is 1.56. The maximum Gasteiger partial charge on any atom is 0.329 e. The number of hydrogen-bond donors (Lipinski definition) is 1. The number of methoxy groups -OCH3 is 1. The minimum atomic E-state index is -0.927. The monoisotopic (exact) mass is 466 g/mol. The predicted molar refractivity (Wildman–Crippen MR) is 128 cm³/mol. The second-order valence-corrected chi connectivity index (χ2v) is 9.03. The van der Waals surface area contributed by atoms with Crippen LogP contribution in [0.5, 0.6) is 5.75 Å². The number of carboxylic acids is 1. The number of carbonyl (C=O) groups is 1. The first-order valence-electron chi connectivity index (χ1n) is 11.7. The van der Waals surface area contributed by atoms with E-state index in [4.69, 9.17) is 19.7 Å². The number of hydrogen-bond acceptors (Lipinski definition) is 4. The average molecular weight is 467 g/mol. The smallest absolute Gasteiger partial charge is 0.329 e. The Bertz CT molecular complexity index is 1120. The molecule has 0 aliphatic heterocycles. The van der Waals surface area contributed by atoms with Gasteiger partial charge in [0.15, 0.2) is 0 Å². The summed E-state index contributed by atoms with van der Waals surface area (Å²) in [6.07, 6.45) is 4.13. The van der Waals surface area contributed by atoms with Gasteiger partial charge < -0.3 is 14.6 Å². The third-order valence-corrected chi connectivity index (χ3v) is 6.63. The molecule has 0 saturated heterocycles. The van der Waals surface area contributed by atoms with Crippen molar-refractivity contribution < 1.29 is 23.8 Å². The van der Waals surface area contributed by atoms with Crippen LogP contribution in [0.4, 0.5) is 4.39 Å². The van der Waals surface area contributed by atoms with Crippen molar-refractivity contribution in [3.8, 4) is 28.1 Å². The second kappa shape index (κ2) is 10.8. The lowest BCUT2D eigenvalue weighted by atomic mass is 9.82. The van der Waals surface area contributed by atoms with Crippen molar-refractivity contribution in [3.63, 3.8) is 0 Å². The second-order valence-electron chi connectivity index (χ2n) is 9.03. The van der Waals surface area contributed by atoms with Crippen molar-refractivity contribution in [3.05, 3.63) is 60.0 Å². The molecule has 0 unspecified atom stereocenters. The van der Waals surface area contributed by atoms with Gasteiger partial charge in [0.2, 0.25) is 0 Å². The lowest BCUT2D eigenvalue weighted by Gasteiger charge is -2.28. The van der Waals surface area contributed by atoms with Crippen LogP contribution in [-0.2, 0) is 16.1 Å². The summed E-state index contributed by atoms with van der Waals surface area (Å²) in [7, 11) is 1.53. The fourth-order valence-electron chi connectivity index (χ4n) is 4.83. The molecule has 3 aromatic rings. The Kier molecular flexibility index (Phi) is 7.63. The topological polar surface area (TPSA) is 73.6 Å². The molecule has 0 bridgehead atoms.